The Morgan fingerprint density at radius 3 is 2.92 bits per heavy atom. The number of hydrogen-bond acceptors (Lipinski definition) is 5. The monoisotopic (exact) mass is 379 g/mol. The van der Waals surface area contributed by atoms with Gasteiger partial charge in [-0.2, -0.15) is 9.29 Å². The van der Waals surface area contributed by atoms with E-state index in [-0.39, 0.29) is 10.8 Å². The number of benzene rings is 1. The van der Waals surface area contributed by atoms with Crippen molar-refractivity contribution >= 4 is 10.0 Å². The van der Waals surface area contributed by atoms with E-state index in [2.05, 4.69) is 10.1 Å². The molecule has 2 aliphatic rings. The zero-order chi connectivity index (χ0) is 18.5. The van der Waals surface area contributed by atoms with Crippen LogP contribution < -0.4 is 0 Å². The van der Waals surface area contributed by atoms with E-state index in [1.165, 1.54) is 16.4 Å². The van der Waals surface area contributed by atoms with Gasteiger partial charge in [0.05, 0.1) is 10.3 Å². The zero-order valence-electron chi connectivity index (χ0n) is 14.9. The maximum absolute atomic E-state index is 13.9. The Kier molecular flexibility index (Phi) is 4.15. The summed E-state index contributed by atoms with van der Waals surface area (Å²) in [6, 6.07) is 4.08. The predicted octanol–water partition coefficient (Wildman–Crippen LogP) is 2.82. The lowest BCUT2D eigenvalue weighted by molar-refractivity contribution is 0.329. The van der Waals surface area contributed by atoms with Gasteiger partial charge in [-0.3, -0.25) is 0 Å². The molecule has 26 heavy (non-hydrogen) atoms. The Hall–Kier alpha value is -1.80. The van der Waals surface area contributed by atoms with Crippen LogP contribution in [-0.4, -0.2) is 36.0 Å². The molecule has 8 heteroatoms. The lowest BCUT2D eigenvalue weighted by Crippen LogP contribution is -2.35. The minimum atomic E-state index is -3.76. The van der Waals surface area contributed by atoms with E-state index in [1.54, 1.807) is 6.92 Å². The number of hydrogen-bond donors (Lipinski definition) is 0. The van der Waals surface area contributed by atoms with Gasteiger partial charge in [0.15, 0.2) is 5.82 Å². The Labute approximate surface area is 152 Å². The summed E-state index contributed by atoms with van der Waals surface area (Å²) >= 11 is 0. The molecule has 4 rings (SSSR count). The molecule has 1 aromatic heterocycles. The summed E-state index contributed by atoms with van der Waals surface area (Å²) in [5.41, 5.74) is 0.0327. The molecular formula is C18H22FN3O3S. The van der Waals surface area contributed by atoms with E-state index in [9.17, 15) is 12.8 Å². The Morgan fingerprint density at radius 2 is 2.23 bits per heavy atom. The summed E-state index contributed by atoms with van der Waals surface area (Å²) < 4.78 is 46.8. The van der Waals surface area contributed by atoms with Crippen LogP contribution in [0.15, 0.2) is 27.6 Å². The van der Waals surface area contributed by atoms with Gasteiger partial charge in [-0.05, 0) is 43.4 Å². The lowest BCUT2D eigenvalue weighted by atomic mass is 9.80. The van der Waals surface area contributed by atoms with Gasteiger partial charge in [0, 0.05) is 19.5 Å². The minimum absolute atomic E-state index is 0.00178. The van der Waals surface area contributed by atoms with E-state index >= 15 is 0 Å². The molecule has 1 aliphatic heterocycles. The van der Waals surface area contributed by atoms with Crippen molar-refractivity contribution in [2.45, 2.75) is 49.8 Å². The molecular weight excluding hydrogens is 357 g/mol. The SMILES string of the molecule is CCc1nc(C23CCCC2CN(S(=O)(=O)c2ccc(C)c(F)c2)C3)no1. The fraction of sp³-hybridized carbons (Fsp3) is 0.556. The molecule has 0 N–H and O–H groups in total. The van der Waals surface area contributed by atoms with Gasteiger partial charge >= 0.3 is 0 Å². The molecule has 1 aromatic carbocycles. The maximum atomic E-state index is 13.9. The van der Waals surface area contributed by atoms with Gasteiger partial charge < -0.3 is 4.52 Å². The molecule has 2 atom stereocenters. The van der Waals surface area contributed by atoms with Crippen molar-refractivity contribution in [1.29, 1.82) is 0 Å². The topological polar surface area (TPSA) is 76.3 Å². The van der Waals surface area contributed by atoms with Crippen LogP contribution in [0.1, 0.15) is 43.5 Å². The van der Waals surface area contributed by atoms with E-state index < -0.39 is 21.3 Å². The van der Waals surface area contributed by atoms with Crippen LogP contribution in [0.3, 0.4) is 0 Å². The molecule has 6 nitrogen and oxygen atoms in total. The average Bonchev–Trinajstić information content (AvgIpc) is 3.30. The third kappa shape index (κ3) is 2.58. The third-order valence-electron chi connectivity index (χ3n) is 5.84. The Bertz CT molecular complexity index is 943. The number of sulfonamides is 1. The van der Waals surface area contributed by atoms with Crippen LogP contribution in [0.5, 0.6) is 0 Å². The quantitative estimate of drug-likeness (QED) is 0.816. The van der Waals surface area contributed by atoms with E-state index in [0.29, 0.717) is 36.8 Å². The van der Waals surface area contributed by atoms with E-state index in [0.717, 1.165) is 25.3 Å². The van der Waals surface area contributed by atoms with Gasteiger partial charge in [0.25, 0.3) is 0 Å². The Balaban J connectivity index is 1.68. The number of rotatable bonds is 4. The summed E-state index contributed by atoms with van der Waals surface area (Å²) in [4.78, 5) is 4.50. The van der Waals surface area contributed by atoms with Crippen LogP contribution in [-0.2, 0) is 21.9 Å². The molecule has 0 spiro atoms. The Morgan fingerprint density at radius 1 is 1.42 bits per heavy atom. The molecule has 1 saturated carbocycles. The molecule has 2 heterocycles. The predicted molar refractivity (Wildman–Crippen MR) is 92.6 cm³/mol. The summed E-state index contributed by atoms with van der Waals surface area (Å²) in [7, 11) is -3.76. The molecule has 1 aliphatic carbocycles. The number of fused-ring (bicyclic) bond motifs is 1. The van der Waals surface area contributed by atoms with Crippen molar-refractivity contribution in [3.8, 4) is 0 Å². The van der Waals surface area contributed by atoms with Gasteiger partial charge in [-0.1, -0.05) is 24.6 Å². The first-order valence-corrected chi connectivity index (χ1v) is 10.4. The highest BCUT2D eigenvalue weighted by Crippen LogP contribution is 2.50. The van der Waals surface area contributed by atoms with Crippen molar-refractivity contribution in [3.63, 3.8) is 0 Å². The molecule has 140 valence electrons. The zero-order valence-corrected chi connectivity index (χ0v) is 15.7. The van der Waals surface area contributed by atoms with Gasteiger partial charge in [-0.15, -0.1) is 0 Å². The molecule has 0 bridgehead atoms. The normalized spacial score (nSPS) is 26.3. The highest BCUT2D eigenvalue weighted by Gasteiger charge is 2.56. The molecule has 0 amide bonds. The smallest absolute Gasteiger partial charge is 0.243 e. The van der Waals surface area contributed by atoms with Crippen LogP contribution in [0.25, 0.3) is 0 Å². The average molecular weight is 379 g/mol. The van der Waals surface area contributed by atoms with Gasteiger partial charge in [-0.25, -0.2) is 12.8 Å². The molecule has 2 unspecified atom stereocenters. The first kappa shape index (κ1) is 17.6. The van der Waals surface area contributed by atoms with Crippen molar-refractivity contribution in [1.82, 2.24) is 14.4 Å². The van der Waals surface area contributed by atoms with E-state index in [1.807, 2.05) is 6.92 Å². The maximum Gasteiger partial charge on any atom is 0.243 e. The number of nitrogens with zero attached hydrogens (tertiary/aromatic N) is 3. The molecule has 2 aromatic rings. The first-order chi connectivity index (χ1) is 12.4. The lowest BCUT2D eigenvalue weighted by Gasteiger charge is -2.24. The molecule has 0 radical (unpaired) electrons. The number of aromatic nitrogens is 2. The molecule has 1 saturated heterocycles. The minimum Gasteiger partial charge on any atom is -0.339 e. The second-order valence-electron chi connectivity index (χ2n) is 7.32. The van der Waals surface area contributed by atoms with Crippen molar-refractivity contribution < 1.29 is 17.3 Å². The molecule has 2 fully saturated rings. The highest BCUT2D eigenvalue weighted by atomic mass is 32.2. The van der Waals surface area contributed by atoms with Gasteiger partial charge in [0.1, 0.15) is 5.82 Å². The second-order valence-corrected chi connectivity index (χ2v) is 9.26. The fourth-order valence-corrected chi connectivity index (χ4v) is 5.84. The second kappa shape index (κ2) is 6.13. The van der Waals surface area contributed by atoms with Crippen molar-refractivity contribution in [2.75, 3.05) is 13.1 Å². The van der Waals surface area contributed by atoms with Crippen molar-refractivity contribution in [2.24, 2.45) is 5.92 Å². The van der Waals surface area contributed by atoms with E-state index in [4.69, 9.17) is 4.52 Å². The number of halogens is 1. The third-order valence-corrected chi connectivity index (χ3v) is 7.64. The van der Waals surface area contributed by atoms with Crippen LogP contribution in [0.4, 0.5) is 4.39 Å². The first-order valence-electron chi connectivity index (χ1n) is 8.96. The summed E-state index contributed by atoms with van der Waals surface area (Å²) in [5, 5.41) is 4.15. The summed E-state index contributed by atoms with van der Waals surface area (Å²) in [6.45, 7) is 4.28. The summed E-state index contributed by atoms with van der Waals surface area (Å²) in [6.07, 6.45) is 3.45. The van der Waals surface area contributed by atoms with Gasteiger partial charge in [0.2, 0.25) is 15.9 Å². The largest absolute Gasteiger partial charge is 0.339 e. The number of aryl methyl sites for hydroxylation is 2. The summed E-state index contributed by atoms with van der Waals surface area (Å²) in [5.74, 6) is 0.840. The van der Waals surface area contributed by atoms with Crippen LogP contribution in [0.2, 0.25) is 0 Å². The standard InChI is InChI=1S/C18H22FN3O3S/c1-3-16-20-17(21-25-16)18-8-4-5-13(18)10-22(11-18)26(23,24)14-7-6-12(2)15(19)9-14/h6-7,9,13H,3-5,8,10-11H2,1-2H3. The van der Waals surface area contributed by atoms with Crippen LogP contribution >= 0.6 is 0 Å². The van der Waals surface area contributed by atoms with Crippen LogP contribution in [0, 0.1) is 18.7 Å². The fourth-order valence-electron chi connectivity index (χ4n) is 4.28. The van der Waals surface area contributed by atoms with Crippen molar-refractivity contribution in [3.05, 3.63) is 41.3 Å². The highest BCUT2D eigenvalue weighted by molar-refractivity contribution is 7.89.